The van der Waals surface area contributed by atoms with Crippen LogP contribution in [0.25, 0.3) is 0 Å². The van der Waals surface area contributed by atoms with Gasteiger partial charge in [-0.3, -0.25) is 4.90 Å². The molecule has 2 aromatic rings. The van der Waals surface area contributed by atoms with Crippen molar-refractivity contribution in [3.63, 3.8) is 0 Å². The molecule has 1 fully saturated rings. The summed E-state index contributed by atoms with van der Waals surface area (Å²) in [7, 11) is 0. The highest BCUT2D eigenvalue weighted by Crippen LogP contribution is 2.20. The monoisotopic (exact) mass is 398 g/mol. The zero-order valence-electron chi connectivity index (χ0n) is 16.6. The number of rotatable bonds is 8. The molecule has 0 atom stereocenters. The van der Waals surface area contributed by atoms with Crippen LogP contribution in [0.5, 0.6) is 5.75 Å². The zero-order chi connectivity index (χ0) is 19.6. The molecule has 0 amide bonds. The summed E-state index contributed by atoms with van der Waals surface area (Å²) in [6.45, 7) is 9.57. The van der Waals surface area contributed by atoms with Gasteiger partial charge in [-0.05, 0) is 49.0 Å². The second kappa shape index (κ2) is 10.9. The van der Waals surface area contributed by atoms with Crippen molar-refractivity contribution < 1.29 is 4.74 Å². The van der Waals surface area contributed by atoms with E-state index in [1.807, 2.05) is 25.1 Å². The van der Waals surface area contributed by atoms with Gasteiger partial charge in [0.1, 0.15) is 5.75 Å². The summed E-state index contributed by atoms with van der Waals surface area (Å²) in [6, 6.07) is 18.7. The zero-order valence-corrected chi connectivity index (χ0v) is 17.4. The van der Waals surface area contributed by atoms with E-state index in [4.69, 9.17) is 17.0 Å². The topological polar surface area (TPSA) is 39.8 Å². The van der Waals surface area contributed by atoms with Crippen molar-refractivity contribution in [1.82, 2.24) is 15.5 Å². The van der Waals surface area contributed by atoms with Crippen molar-refractivity contribution in [3.8, 4) is 5.75 Å². The van der Waals surface area contributed by atoms with Crippen LogP contribution < -0.4 is 20.3 Å². The first-order valence-corrected chi connectivity index (χ1v) is 10.4. The first-order chi connectivity index (χ1) is 13.7. The molecule has 2 aromatic carbocycles. The average molecular weight is 399 g/mol. The van der Waals surface area contributed by atoms with E-state index in [0.29, 0.717) is 6.61 Å². The Balaban J connectivity index is 1.31. The number of nitrogens with zero attached hydrogens (tertiary/aromatic N) is 2. The SMILES string of the molecule is CCOc1ccc(N2CCN(CCNC(=S)NCc3ccccc3)CC2)cc1. The maximum absolute atomic E-state index is 5.52. The van der Waals surface area contributed by atoms with Crippen LogP contribution in [-0.4, -0.2) is 55.9 Å². The van der Waals surface area contributed by atoms with Gasteiger partial charge in [0, 0.05) is 51.5 Å². The van der Waals surface area contributed by atoms with E-state index >= 15 is 0 Å². The number of hydrogen-bond donors (Lipinski definition) is 2. The third kappa shape index (κ3) is 6.39. The molecule has 28 heavy (non-hydrogen) atoms. The standard InChI is InChI=1S/C22H30N4OS/c1-2-27-21-10-8-20(9-11-21)26-16-14-25(15-17-26)13-12-23-22(28)24-18-19-6-4-3-5-7-19/h3-11H,2,12-18H2,1H3,(H2,23,24,28). The fraction of sp³-hybridized carbons (Fsp3) is 0.409. The average Bonchev–Trinajstić information content (AvgIpc) is 2.74. The van der Waals surface area contributed by atoms with Gasteiger partial charge in [0.15, 0.2) is 5.11 Å². The van der Waals surface area contributed by atoms with Crippen molar-refractivity contribution in [2.24, 2.45) is 0 Å². The highest BCUT2D eigenvalue weighted by Gasteiger charge is 2.16. The van der Waals surface area contributed by atoms with Gasteiger partial charge in [-0.25, -0.2) is 0 Å². The van der Waals surface area contributed by atoms with Gasteiger partial charge in [-0.2, -0.15) is 0 Å². The summed E-state index contributed by atoms with van der Waals surface area (Å²) < 4.78 is 5.52. The van der Waals surface area contributed by atoms with Crippen LogP contribution in [-0.2, 0) is 6.54 Å². The van der Waals surface area contributed by atoms with Gasteiger partial charge < -0.3 is 20.3 Å². The van der Waals surface area contributed by atoms with Crippen molar-refractivity contribution in [3.05, 3.63) is 60.2 Å². The molecule has 6 heteroatoms. The maximum Gasteiger partial charge on any atom is 0.166 e. The number of anilines is 1. The molecule has 5 nitrogen and oxygen atoms in total. The van der Waals surface area contributed by atoms with E-state index in [-0.39, 0.29) is 0 Å². The molecule has 2 N–H and O–H groups in total. The second-order valence-corrected chi connectivity index (χ2v) is 7.26. The van der Waals surface area contributed by atoms with Gasteiger partial charge in [-0.1, -0.05) is 30.3 Å². The number of benzene rings is 2. The predicted octanol–water partition coefficient (Wildman–Crippen LogP) is 2.87. The van der Waals surface area contributed by atoms with Gasteiger partial charge in [-0.15, -0.1) is 0 Å². The molecule has 3 rings (SSSR count). The van der Waals surface area contributed by atoms with E-state index < -0.39 is 0 Å². The molecule has 1 heterocycles. The molecule has 0 saturated carbocycles. The summed E-state index contributed by atoms with van der Waals surface area (Å²) in [5.41, 5.74) is 2.50. The Morgan fingerprint density at radius 3 is 2.36 bits per heavy atom. The molecular weight excluding hydrogens is 368 g/mol. The van der Waals surface area contributed by atoms with Crippen LogP contribution in [0.4, 0.5) is 5.69 Å². The predicted molar refractivity (Wildman–Crippen MR) is 120 cm³/mol. The number of ether oxygens (including phenoxy) is 1. The lowest BCUT2D eigenvalue weighted by molar-refractivity contribution is 0.261. The van der Waals surface area contributed by atoms with E-state index in [1.54, 1.807) is 0 Å². The Bertz CT molecular complexity index is 715. The Kier molecular flexibility index (Phi) is 7.94. The summed E-state index contributed by atoms with van der Waals surface area (Å²) >= 11 is 5.37. The molecule has 0 bridgehead atoms. The number of thiocarbonyl (C=S) groups is 1. The molecule has 0 radical (unpaired) electrons. The van der Waals surface area contributed by atoms with Crippen molar-refractivity contribution >= 4 is 23.0 Å². The van der Waals surface area contributed by atoms with Crippen molar-refractivity contribution in [1.29, 1.82) is 0 Å². The smallest absolute Gasteiger partial charge is 0.166 e. The number of nitrogens with one attached hydrogen (secondary N) is 2. The molecular formula is C22H30N4OS. The minimum atomic E-state index is 0.706. The maximum atomic E-state index is 5.52. The fourth-order valence-electron chi connectivity index (χ4n) is 3.32. The lowest BCUT2D eigenvalue weighted by Gasteiger charge is -2.36. The quantitative estimate of drug-likeness (QED) is 0.667. The largest absolute Gasteiger partial charge is 0.494 e. The number of hydrogen-bond acceptors (Lipinski definition) is 4. The van der Waals surface area contributed by atoms with E-state index in [9.17, 15) is 0 Å². The van der Waals surface area contributed by atoms with E-state index in [1.165, 1.54) is 11.3 Å². The van der Waals surface area contributed by atoms with E-state index in [2.05, 4.69) is 56.8 Å². The molecule has 0 aromatic heterocycles. The lowest BCUT2D eigenvalue weighted by Crippen LogP contribution is -2.49. The summed E-state index contributed by atoms with van der Waals surface area (Å²) in [4.78, 5) is 4.92. The highest BCUT2D eigenvalue weighted by molar-refractivity contribution is 7.80. The minimum absolute atomic E-state index is 0.706. The Labute approximate surface area is 173 Å². The Morgan fingerprint density at radius 2 is 1.68 bits per heavy atom. The van der Waals surface area contributed by atoms with Gasteiger partial charge in [0.05, 0.1) is 6.61 Å². The second-order valence-electron chi connectivity index (χ2n) is 6.85. The lowest BCUT2D eigenvalue weighted by atomic mass is 10.2. The van der Waals surface area contributed by atoms with Gasteiger partial charge >= 0.3 is 0 Å². The third-order valence-corrected chi connectivity index (χ3v) is 5.18. The number of piperazine rings is 1. The molecule has 150 valence electrons. The third-order valence-electron chi connectivity index (χ3n) is 4.89. The Hall–Kier alpha value is -2.31. The van der Waals surface area contributed by atoms with Gasteiger partial charge in [0.2, 0.25) is 0 Å². The molecule has 0 unspecified atom stereocenters. The van der Waals surface area contributed by atoms with Crippen LogP contribution in [0, 0.1) is 0 Å². The first kappa shape index (κ1) is 20.4. The fourth-order valence-corrected chi connectivity index (χ4v) is 3.49. The highest BCUT2D eigenvalue weighted by atomic mass is 32.1. The summed E-state index contributed by atoms with van der Waals surface area (Å²) in [5.74, 6) is 0.938. The van der Waals surface area contributed by atoms with Crippen LogP contribution >= 0.6 is 12.2 Å². The van der Waals surface area contributed by atoms with Crippen molar-refractivity contribution in [2.75, 3.05) is 50.8 Å². The van der Waals surface area contributed by atoms with Crippen LogP contribution in [0.3, 0.4) is 0 Å². The van der Waals surface area contributed by atoms with E-state index in [0.717, 1.165) is 56.7 Å². The molecule has 1 aliphatic rings. The summed E-state index contributed by atoms with van der Waals surface area (Å²) in [5, 5.41) is 7.29. The van der Waals surface area contributed by atoms with Crippen LogP contribution in [0.15, 0.2) is 54.6 Å². The normalized spacial score (nSPS) is 14.5. The Morgan fingerprint density at radius 1 is 0.964 bits per heavy atom. The first-order valence-electron chi connectivity index (χ1n) is 10.0. The molecule has 1 saturated heterocycles. The minimum Gasteiger partial charge on any atom is -0.494 e. The van der Waals surface area contributed by atoms with Crippen LogP contribution in [0.2, 0.25) is 0 Å². The summed E-state index contributed by atoms with van der Waals surface area (Å²) in [6.07, 6.45) is 0. The molecule has 0 aliphatic carbocycles. The van der Waals surface area contributed by atoms with Gasteiger partial charge in [0.25, 0.3) is 0 Å². The molecule has 0 spiro atoms. The van der Waals surface area contributed by atoms with Crippen LogP contribution in [0.1, 0.15) is 12.5 Å². The molecule has 1 aliphatic heterocycles. The van der Waals surface area contributed by atoms with Crippen molar-refractivity contribution in [2.45, 2.75) is 13.5 Å².